The molecule has 0 saturated heterocycles. The van der Waals surface area contributed by atoms with Gasteiger partial charge in [0, 0.05) is 19.2 Å². The quantitative estimate of drug-likeness (QED) is 0.663. The van der Waals surface area contributed by atoms with Crippen LogP contribution in [0.4, 0.5) is 0 Å². The third-order valence-electron chi connectivity index (χ3n) is 2.18. The predicted octanol–water partition coefficient (Wildman–Crippen LogP) is 2.05. The zero-order valence-electron chi connectivity index (χ0n) is 9.05. The Hall–Kier alpha value is -0.0800. The van der Waals surface area contributed by atoms with Gasteiger partial charge >= 0.3 is 0 Å². The molecule has 74 valence electrons. The fourth-order valence-corrected chi connectivity index (χ4v) is 0.931. The van der Waals surface area contributed by atoms with E-state index in [-0.39, 0.29) is 0 Å². The van der Waals surface area contributed by atoms with Gasteiger partial charge in [0.2, 0.25) is 0 Å². The van der Waals surface area contributed by atoms with Gasteiger partial charge in [-0.3, -0.25) is 0 Å². The van der Waals surface area contributed by atoms with Crippen molar-refractivity contribution in [2.75, 3.05) is 13.2 Å². The monoisotopic (exact) mass is 173 g/mol. The molecule has 0 saturated carbocycles. The summed E-state index contributed by atoms with van der Waals surface area (Å²) >= 11 is 0. The molecule has 0 rings (SSSR count). The molecule has 0 aliphatic carbocycles. The van der Waals surface area contributed by atoms with E-state index >= 15 is 0 Å². The second kappa shape index (κ2) is 6.44. The summed E-state index contributed by atoms with van der Waals surface area (Å²) in [6, 6.07) is 0.577. The molecule has 12 heavy (non-hydrogen) atoms. The van der Waals surface area contributed by atoms with Crippen LogP contribution in [0.3, 0.4) is 0 Å². The first-order valence-electron chi connectivity index (χ1n) is 4.92. The van der Waals surface area contributed by atoms with E-state index in [4.69, 9.17) is 4.74 Å². The maximum Gasteiger partial charge on any atom is 0.0671 e. The van der Waals surface area contributed by atoms with Crippen LogP contribution in [0.1, 0.15) is 34.6 Å². The lowest BCUT2D eigenvalue weighted by Gasteiger charge is -2.20. The van der Waals surface area contributed by atoms with Gasteiger partial charge in [0.15, 0.2) is 0 Å². The number of hydrogen-bond donors (Lipinski definition) is 1. The van der Waals surface area contributed by atoms with Crippen molar-refractivity contribution in [3.63, 3.8) is 0 Å². The van der Waals surface area contributed by atoms with Gasteiger partial charge in [-0.05, 0) is 26.7 Å². The molecule has 0 aromatic heterocycles. The van der Waals surface area contributed by atoms with Crippen LogP contribution in [0, 0.1) is 5.92 Å². The van der Waals surface area contributed by atoms with E-state index in [0.29, 0.717) is 18.1 Å². The summed E-state index contributed by atoms with van der Waals surface area (Å²) in [5.41, 5.74) is 0. The highest BCUT2D eigenvalue weighted by atomic mass is 16.5. The zero-order valence-corrected chi connectivity index (χ0v) is 9.05. The Morgan fingerprint density at radius 2 is 1.75 bits per heavy atom. The van der Waals surface area contributed by atoms with Crippen LogP contribution >= 0.6 is 0 Å². The maximum absolute atomic E-state index is 5.41. The minimum absolute atomic E-state index is 0.330. The number of nitrogens with one attached hydrogen (secondary N) is 1. The molecule has 0 aromatic rings. The van der Waals surface area contributed by atoms with Gasteiger partial charge in [-0.2, -0.15) is 0 Å². The van der Waals surface area contributed by atoms with E-state index in [9.17, 15) is 0 Å². The average molecular weight is 173 g/mol. The Kier molecular flexibility index (Phi) is 6.39. The number of rotatable bonds is 6. The second-order valence-electron chi connectivity index (χ2n) is 3.71. The molecule has 2 nitrogen and oxygen atoms in total. The summed E-state index contributed by atoms with van der Waals surface area (Å²) in [6.45, 7) is 12.5. The third-order valence-corrected chi connectivity index (χ3v) is 2.18. The summed E-state index contributed by atoms with van der Waals surface area (Å²) in [5, 5.41) is 3.44. The molecule has 0 aliphatic rings. The highest BCUT2D eigenvalue weighted by Gasteiger charge is 2.07. The van der Waals surface area contributed by atoms with E-state index in [1.165, 1.54) is 0 Å². The molecule has 0 radical (unpaired) electrons. The van der Waals surface area contributed by atoms with Gasteiger partial charge in [0.25, 0.3) is 0 Å². The van der Waals surface area contributed by atoms with E-state index in [1.54, 1.807) is 0 Å². The lowest BCUT2D eigenvalue weighted by molar-refractivity contribution is 0.0731. The van der Waals surface area contributed by atoms with Crippen LogP contribution < -0.4 is 5.32 Å². The molecule has 0 fully saturated rings. The molecule has 1 N–H and O–H groups in total. The van der Waals surface area contributed by atoms with Crippen molar-refractivity contribution in [3.05, 3.63) is 0 Å². The third kappa shape index (κ3) is 5.56. The van der Waals surface area contributed by atoms with Crippen molar-refractivity contribution in [3.8, 4) is 0 Å². The molecule has 0 aliphatic heterocycles. The van der Waals surface area contributed by atoms with E-state index in [1.807, 2.05) is 6.92 Å². The van der Waals surface area contributed by atoms with Crippen molar-refractivity contribution in [1.82, 2.24) is 5.32 Å². The Balaban J connectivity index is 3.40. The highest BCUT2D eigenvalue weighted by Crippen LogP contribution is 2.00. The van der Waals surface area contributed by atoms with Gasteiger partial charge in [-0.25, -0.2) is 0 Å². The van der Waals surface area contributed by atoms with E-state index < -0.39 is 0 Å². The van der Waals surface area contributed by atoms with Crippen LogP contribution in [0.25, 0.3) is 0 Å². The molecule has 0 spiro atoms. The Morgan fingerprint density at radius 1 is 1.17 bits per heavy atom. The highest BCUT2D eigenvalue weighted by molar-refractivity contribution is 4.66. The fourth-order valence-electron chi connectivity index (χ4n) is 0.931. The summed E-state index contributed by atoms with van der Waals surface area (Å²) in [4.78, 5) is 0. The van der Waals surface area contributed by atoms with Crippen LogP contribution in [0.5, 0.6) is 0 Å². The Morgan fingerprint density at radius 3 is 2.17 bits per heavy atom. The molecule has 2 heteroatoms. The summed E-state index contributed by atoms with van der Waals surface area (Å²) in [5.74, 6) is 0.693. The first kappa shape index (κ1) is 11.9. The lowest BCUT2D eigenvalue weighted by Crippen LogP contribution is -2.36. The van der Waals surface area contributed by atoms with E-state index in [0.717, 1.165) is 13.2 Å². The topological polar surface area (TPSA) is 21.3 Å². The van der Waals surface area contributed by atoms with Crippen molar-refractivity contribution in [2.45, 2.75) is 46.8 Å². The zero-order chi connectivity index (χ0) is 9.56. The van der Waals surface area contributed by atoms with Crippen LogP contribution in [-0.2, 0) is 4.74 Å². The first-order valence-corrected chi connectivity index (χ1v) is 4.92. The minimum atomic E-state index is 0.330. The standard InChI is InChI=1S/C10H23NO/c1-6-12-9(4)7-11-10(5)8(2)3/h8-11H,6-7H2,1-5H3. The van der Waals surface area contributed by atoms with Gasteiger partial charge in [0.05, 0.1) is 6.10 Å². The number of hydrogen-bond acceptors (Lipinski definition) is 2. The van der Waals surface area contributed by atoms with Crippen LogP contribution in [0.2, 0.25) is 0 Å². The molecule has 2 unspecified atom stereocenters. The fraction of sp³-hybridized carbons (Fsp3) is 1.00. The van der Waals surface area contributed by atoms with Crippen molar-refractivity contribution < 1.29 is 4.74 Å². The van der Waals surface area contributed by atoms with Gasteiger partial charge in [-0.1, -0.05) is 13.8 Å². The smallest absolute Gasteiger partial charge is 0.0671 e. The predicted molar refractivity (Wildman–Crippen MR) is 53.4 cm³/mol. The summed E-state index contributed by atoms with van der Waals surface area (Å²) in [6.07, 6.45) is 0.330. The van der Waals surface area contributed by atoms with Crippen molar-refractivity contribution in [2.24, 2.45) is 5.92 Å². The maximum atomic E-state index is 5.41. The minimum Gasteiger partial charge on any atom is -0.377 e. The molecule has 0 amide bonds. The van der Waals surface area contributed by atoms with Gasteiger partial charge in [0.1, 0.15) is 0 Å². The molecular weight excluding hydrogens is 150 g/mol. The van der Waals surface area contributed by atoms with Crippen LogP contribution in [0.15, 0.2) is 0 Å². The van der Waals surface area contributed by atoms with Crippen molar-refractivity contribution in [1.29, 1.82) is 0 Å². The Bertz CT molecular complexity index is 104. The Labute approximate surface area is 76.7 Å². The SMILES string of the molecule is CCOC(C)CNC(C)C(C)C. The first-order chi connectivity index (χ1) is 5.57. The number of ether oxygens (including phenoxy) is 1. The molecular formula is C10H23NO. The van der Waals surface area contributed by atoms with Gasteiger partial charge in [-0.15, -0.1) is 0 Å². The van der Waals surface area contributed by atoms with Crippen LogP contribution in [-0.4, -0.2) is 25.3 Å². The van der Waals surface area contributed by atoms with Gasteiger partial charge < -0.3 is 10.1 Å². The largest absolute Gasteiger partial charge is 0.377 e. The normalized spacial score (nSPS) is 16.5. The lowest BCUT2D eigenvalue weighted by atomic mass is 10.1. The second-order valence-corrected chi connectivity index (χ2v) is 3.71. The van der Waals surface area contributed by atoms with Crippen molar-refractivity contribution >= 4 is 0 Å². The average Bonchev–Trinajstić information content (AvgIpc) is 2.00. The molecule has 0 bridgehead atoms. The summed E-state index contributed by atoms with van der Waals surface area (Å²) < 4.78 is 5.41. The molecule has 2 atom stereocenters. The molecule has 0 aromatic carbocycles. The van der Waals surface area contributed by atoms with E-state index in [2.05, 4.69) is 33.0 Å². The molecule has 0 heterocycles. The summed E-state index contributed by atoms with van der Waals surface area (Å²) in [7, 11) is 0.